The van der Waals surface area contributed by atoms with Gasteiger partial charge in [-0.2, -0.15) is 0 Å². The van der Waals surface area contributed by atoms with E-state index in [9.17, 15) is 9.59 Å². The molecular weight excluding hydrogens is 370 g/mol. The van der Waals surface area contributed by atoms with Crippen molar-refractivity contribution in [3.63, 3.8) is 0 Å². The Hall–Kier alpha value is -2.18. The van der Waals surface area contributed by atoms with E-state index in [0.717, 1.165) is 30.8 Å². The molecule has 2 aromatic rings. The van der Waals surface area contributed by atoms with Crippen LogP contribution in [0.3, 0.4) is 0 Å². The molecule has 1 heterocycles. The van der Waals surface area contributed by atoms with Crippen molar-refractivity contribution in [1.29, 1.82) is 0 Å². The molecule has 1 saturated carbocycles. The summed E-state index contributed by atoms with van der Waals surface area (Å²) >= 11 is 1.41. The SMILES string of the molecule is CC(C(=O)NCC1CCCC(CN)C1)c1ccc(NC(=O)c2cccs2)cc1. The Labute approximate surface area is 170 Å². The Morgan fingerprint density at radius 3 is 2.61 bits per heavy atom. The normalized spacial score (nSPS) is 20.4. The van der Waals surface area contributed by atoms with Gasteiger partial charge in [-0.25, -0.2) is 0 Å². The number of thiophene rings is 1. The minimum atomic E-state index is -0.226. The van der Waals surface area contributed by atoms with E-state index in [1.165, 1.54) is 30.6 Å². The Balaban J connectivity index is 1.50. The molecule has 0 spiro atoms. The number of benzene rings is 1. The molecule has 28 heavy (non-hydrogen) atoms. The van der Waals surface area contributed by atoms with Gasteiger partial charge in [-0.3, -0.25) is 9.59 Å². The van der Waals surface area contributed by atoms with E-state index in [4.69, 9.17) is 5.73 Å². The van der Waals surface area contributed by atoms with Crippen LogP contribution in [0.15, 0.2) is 41.8 Å². The highest BCUT2D eigenvalue weighted by Gasteiger charge is 2.22. The van der Waals surface area contributed by atoms with E-state index in [-0.39, 0.29) is 17.7 Å². The summed E-state index contributed by atoms with van der Waals surface area (Å²) in [5.74, 6) is 0.844. The monoisotopic (exact) mass is 399 g/mol. The molecule has 150 valence electrons. The standard InChI is InChI=1S/C22H29N3O2S/c1-15(21(26)24-14-17-5-2-4-16(12-17)13-23)18-7-9-19(10-8-18)25-22(27)20-6-3-11-28-20/h3,6-11,15-17H,2,4-5,12-14,23H2,1H3,(H,24,26)(H,25,27). The molecular formula is C22H29N3O2S. The fourth-order valence-electron chi connectivity index (χ4n) is 3.81. The number of nitrogens with one attached hydrogen (secondary N) is 2. The van der Waals surface area contributed by atoms with Crippen LogP contribution in [0.5, 0.6) is 0 Å². The number of carbonyl (C=O) groups excluding carboxylic acids is 2. The van der Waals surface area contributed by atoms with Crippen LogP contribution in [-0.2, 0) is 4.79 Å². The van der Waals surface area contributed by atoms with Gasteiger partial charge in [0.25, 0.3) is 5.91 Å². The van der Waals surface area contributed by atoms with Crippen LogP contribution in [0.4, 0.5) is 5.69 Å². The molecule has 3 atom stereocenters. The molecule has 5 nitrogen and oxygen atoms in total. The van der Waals surface area contributed by atoms with Gasteiger partial charge in [0, 0.05) is 12.2 Å². The van der Waals surface area contributed by atoms with Crippen LogP contribution in [0.1, 0.15) is 53.8 Å². The Morgan fingerprint density at radius 1 is 1.18 bits per heavy atom. The highest BCUT2D eigenvalue weighted by Crippen LogP contribution is 2.28. The molecule has 2 amide bonds. The third-order valence-corrected chi connectivity index (χ3v) is 6.47. The predicted octanol–water partition coefficient (Wildman–Crippen LogP) is 3.99. The summed E-state index contributed by atoms with van der Waals surface area (Å²) in [4.78, 5) is 25.3. The number of hydrogen-bond donors (Lipinski definition) is 3. The van der Waals surface area contributed by atoms with Crippen molar-refractivity contribution in [1.82, 2.24) is 5.32 Å². The second kappa shape index (κ2) is 9.85. The number of rotatable bonds is 7. The van der Waals surface area contributed by atoms with Gasteiger partial charge >= 0.3 is 0 Å². The molecule has 4 N–H and O–H groups in total. The van der Waals surface area contributed by atoms with Gasteiger partial charge in [-0.1, -0.05) is 24.6 Å². The Morgan fingerprint density at radius 2 is 1.93 bits per heavy atom. The minimum absolute atomic E-state index is 0.0465. The van der Waals surface area contributed by atoms with E-state index in [1.54, 1.807) is 6.07 Å². The van der Waals surface area contributed by atoms with Gasteiger partial charge in [0.05, 0.1) is 10.8 Å². The molecule has 0 aliphatic heterocycles. The predicted molar refractivity (Wildman–Crippen MR) is 115 cm³/mol. The zero-order chi connectivity index (χ0) is 19.9. The molecule has 1 aliphatic rings. The molecule has 3 unspecified atom stereocenters. The van der Waals surface area contributed by atoms with Crippen molar-refractivity contribution >= 4 is 28.8 Å². The summed E-state index contributed by atoms with van der Waals surface area (Å²) < 4.78 is 0. The van der Waals surface area contributed by atoms with Gasteiger partial charge in [0.15, 0.2) is 0 Å². The molecule has 6 heteroatoms. The van der Waals surface area contributed by atoms with Crippen molar-refractivity contribution in [3.05, 3.63) is 52.2 Å². The maximum atomic E-state index is 12.6. The second-order valence-electron chi connectivity index (χ2n) is 7.65. The number of hydrogen-bond acceptors (Lipinski definition) is 4. The second-order valence-corrected chi connectivity index (χ2v) is 8.60. The zero-order valence-electron chi connectivity index (χ0n) is 16.3. The van der Waals surface area contributed by atoms with Crippen LogP contribution in [0, 0.1) is 11.8 Å². The summed E-state index contributed by atoms with van der Waals surface area (Å²) in [6.45, 7) is 3.39. The summed E-state index contributed by atoms with van der Waals surface area (Å²) in [6, 6.07) is 11.1. The van der Waals surface area contributed by atoms with E-state index in [1.807, 2.05) is 42.6 Å². The number of carbonyl (C=O) groups is 2. The number of nitrogens with two attached hydrogens (primary N) is 1. The molecule has 0 radical (unpaired) electrons. The van der Waals surface area contributed by atoms with E-state index in [0.29, 0.717) is 16.7 Å². The van der Waals surface area contributed by atoms with Gasteiger partial charge in [0.1, 0.15) is 0 Å². The Bertz CT molecular complexity index is 774. The van der Waals surface area contributed by atoms with Crippen molar-refractivity contribution in [3.8, 4) is 0 Å². The van der Waals surface area contributed by atoms with E-state index >= 15 is 0 Å². The lowest BCUT2D eigenvalue weighted by molar-refractivity contribution is -0.122. The van der Waals surface area contributed by atoms with Crippen molar-refractivity contribution < 1.29 is 9.59 Å². The fourth-order valence-corrected chi connectivity index (χ4v) is 4.43. The van der Waals surface area contributed by atoms with Crippen LogP contribution >= 0.6 is 11.3 Å². The summed E-state index contributed by atoms with van der Waals surface area (Å²) in [5.41, 5.74) is 7.47. The van der Waals surface area contributed by atoms with Crippen molar-refractivity contribution in [2.75, 3.05) is 18.4 Å². The molecule has 0 saturated heterocycles. The number of anilines is 1. The van der Waals surface area contributed by atoms with Crippen LogP contribution in [0.2, 0.25) is 0 Å². The van der Waals surface area contributed by atoms with Crippen molar-refractivity contribution in [2.24, 2.45) is 17.6 Å². The molecule has 0 bridgehead atoms. The highest BCUT2D eigenvalue weighted by atomic mass is 32.1. The third kappa shape index (κ3) is 5.42. The summed E-state index contributed by atoms with van der Waals surface area (Å²) in [7, 11) is 0. The van der Waals surface area contributed by atoms with Gasteiger partial charge in [0.2, 0.25) is 5.91 Å². The van der Waals surface area contributed by atoms with E-state index in [2.05, 4.69) is 10.6 Å². The first kappa shape index (κ1) is 20.6. The smallest absolute Gasteiger partial charge is 0.265 e. The average molecular weight is 400 g/mol. The van der Waals surface area contributed by atoms with Crippen LogP contribution in [-0.4, -0.2) is 24.9 Å². The maximum Gasteiger partial charge on any atom is 0.265 e. The van der Waals surface area contributed by atoms with Gasteiger partial charge in [-0.05, 0) is 73.7 Å². The van der Waals surface area contributed by atoms with Crippen molar-refractivity contribution in [2.45, 2.75) is 38.5 Å². The minimum Gasteiger partial charge on any atom is -0.355 e. The van der Waals surface area contributed by atoms with Crippen LogP contribution < -0.4 is 16.4 Å². The lowest BCUT2D eigenvalue weighted by atomic mass is 9.81. The first-order valence-electron chi connectivity index (χ1n) is 9.99. The highest BCUT2D eigenvalue weighted by molar-refractivity contribution is 7.12. The fraction of sp³-hybridized carbons (Fsp3) is 0.455. The summed E-state index contributed by atoms with van der Waals surface area (Å²) in [5, 5.41) is 7.87. The topological polar surface area (TPSA) is 84.2 Å². The molecule has 1 aromatic heterocycles. The molecule has 3 rings (SSSR count). The largest absolute Gasteiger partial charge is 0.355 e. The quantitative estimate of drug-likeness (QED) is 0.658. The first-order chi connectivity index (χ1) is 13.6. The van der Waals surface area contributed by atoms with E-state index < -0.39 is 0 Å². The molecule has 1 aliphatic carbocycles. The third-order valence-electron chi connectivity index (χ3n) is 5.60. The molecule has 1 aromatic carbocycles. The molecule has 1 fully saturated rings. The van der Waals surface area contributed by atoms with Crippen LogP contribution in [0.25, 0.3) is 0 Å². The van der Waals surface area contributed by atoms with Gasteiger partial charge in [-0.15, -0.1) is 11.3 Å². The maximum absolute atomic E-state index is 12.6. The lowest BCUT2D eigenvalue weighted by Gasteiger charge is -2.28. The first-order valence-corrected chi connectivity index (χ1v) is 10.9. The zero-order valence-corrected chi connectivity index (χ0v) is 17.1. The average Bonchev–Trinajstić information content (AvgIpc) is 3.27. The Kier molecular flexibility index (Phi) is 7.23. The van der Waals surface area contributed by atoms with Gasteiger partial charge < -0.3 is 16.4 Å². The summed E-state index contributed by atoms with van der Waals surface area (Å²) in [6.07, 6.45) is 4.71. The lowest BCUT2D eigenvalue weighted by Crippen LogP contribution is -2.35. The number of amides is 2.